The molecule has 4 rings (SSSR count). The average Bonchev–Trinajstić information content (AvgIpc) is 3.35. The number of carbonyl (C=O) groups is 1. The first-order valence-electron chi connectivity index (χ1n) is 10.9. The zero-order valence-corrected chi connectivity index (χ0v) is 18.5. The molecule has 3 aromatic rings. The van der Waals surface area contributed by atoms with Crippen LogP contribution in [0.25, 0.3) is 11.4 Å². The van der Waals surface area contributed by atoms with Crippen molar-refractivity contribution in [2.45, 2.75) is 58.6 Å². The molecule has 11 heteroatoms. The third kappa shape index (κ3) is 5.09. The highest BCUT2D eigenvalue weighted by Crippen LogP contribution is 2.28. The second-order valence-electron chi connectivity index (χ2n) is 8.66. The van der Waals surface area contributed by atoms with E-state index in [0.29, 0.717) is 48.3 Å². The summed E-state index contributed by atoms with van der Waals surface area (Å²) in [6.07, 6.45) is 5.24. The van der Waals surface area contributed by atoms with E-state index in [2.05, 4.69) is 44.6 Å². The number of carboxylic acid groups (broad SMARTS) is 1. The largest absolute Gasteiger partial charge is 0.489 e. The summed E-state index contributed by atoms with van der Waals surface area (Å²) >= 11 is 0. The maximum atomic E-state index is 11.3. The molecule has 0 saturated heterocycles. The van der Waals surface area contributed by atoms with Gasteiger partial charge in [-0.1, -0.05) is 19.1 Å². The summed E-state index contributed by atoms with van der Waals surface area (Å²) in [7, 11) is 1.82. The van der Waals surface area contributed by atoms with Crippen LogP contribution < -0.4 is 4.74 Å². The highest BCUT2D eigenvalue weighted by Gasteiger charge is 2.28. The molecule has 32 heavy (non-hydrogen) atoms. The lowest BCUT2D eigenvalue weighted by Crippen LogP contribution is -2.29. The highest BCUT2D eigenvalue weighted by molar-refractivity contribution is 5.70. The topological polar surface area (TPSA) is 134 Å². The van der Waals surface area contributed by atoms with Crippen LogP contribution in [0, 0.1) is 11.8 Å². The maximum Gasteiger partial charge on any atom is 0.306 e. The second kappa shape index (κ2) is 9.41. The van der Waals surface area contributed by atoms with Crippen molar-refractivity contribution in [3.8, 4) is 17.1 Å². The molecule has 0 amide bonds. The van der Waals surface area contributed by atoms with E-state index in [-0.39, 0.29) is 12.0 Å². The Morgan fingerprint density at radius 1 is 1.25 bits per heavy atom. The van der Waals surface area contributed by atoms with Gasteiger partial charge in [0.1, 0.15) is 18.0 Å². The van der Waals surface area contributed by atoms with E-state index in [1.165, 1.54) is 0 Å². The predicted molar refractivity (Wildman–Crippen MR) is 114 cm³/mol. The quantitative estimate of drug-likeness (QED) is 0.559. The van der Waals surface area contributed by atoms with Crippen molar-refractivity contribution in [2.75, 3.05) is 0 Å². The number of aliphatic carboxylic acids is 1. The van der Waals surface area contributed by atoms with Gasteiger partial charge in [0, 0.05) is 13.5 Å². The van der Waals surface area contributed by atoms with Crippen LogP contribution in [-0.2, 0) is 24.8 Å². The lowest BCUT2D eigenvalue weighted by Gasteiger charge is -2.27. The molecule has 1 fully saturated rings. The Morgan fingerprint density at radius 3 is 2.81 bits per heavy atom. The molecular formula is C21H28N8O3. The van der Waals surface area contributed by atoms with Crippen molar-refractivity contribution in [1.29, 1.82) is 0 Å². The molecule has 11 nitrogen and oxygen atoms in total. The van der Waals surface area contributed by atoms with Gasteiger partial charge in [-0.2, -0.15) is 4.80 Å². The van der Waals surface area contributed by atoms with Gasteiger partial charge in [0.2, 0.25) is 0 Å². The molecule has 0 spiro atoms. The Labute approximate surface area is 185 Å². The van der Waals surface area contributed by atoms with E-state index in [9.17, 15) is 9.90 Å². The first-order chi connectivity index (χ1) is 15.4. The normalized spacial score (nSPS) is 18.8. The third-order valence-electron chi connectivity index (χ3n) is 5.58. The molecule has 0 aromatic carbocycles. The number of tetrazole rings is 1. The van der Waals surface area contributed by atoms with Crippen LogP contribution in [0.2, 0.25) is 0 Å². The number of pyridine rings is 1. The SMILES string of the molecule is CC(C)Cc1nnn(Cc2c(-c3ccc(O[C@H]4CCC[C@H](C(=O)O)C4)cn3)nnn2C)n1. The smallest absolute Gasteiger partial charge is 0.306 e. The molecule has 0 aliphatic heterocycles. The second-order valence-corrected chi connectivity index (χ2v) is 8.66. The van der Waals surface area contributed by atoms with Gasteiger partial charge in [-0.25, -0.2) is 4.68 Å². The number of aromatic nitrogens is 8. The van der Waals surface area contributed by atoms with Gasteiger partial charge in [-0.05, 0) is 48.9 Å². The van der Waals surface area contributed by atoms with E-state index in [4.69, 9.17) is 4.74 Å². The monoisotopic (exact) mass is 440 g/mol. The predicted octanol–water partition coefficient (Wildman–Crippen LogP) is 2.13. The Hall–Kier alpha value is -3.37. The summed E-state index contributed by atoms with van der Waals surface area (Å²) in [6.45, 7) is 4.60. The summed E-state index contributed by atoms with van der Waals surface area (Å²) in [5.41, 5.74) is 2.12. The van der Waals surface area contributed by atoms with E-state index < -0.39 is 5.97 Å². The molecule has 1 saturated carbocycles. The first kappa shape index (κ1) is 21.8. The third-order valence-corrected chi connectivity index (χ3v) is 5.58. The number of hydrogen-bond acceptors (Lipinski definition) is 8. The Bertz CT molecular complexity index is 1060. The molecule has 1 N–H and O–H groups in total. The van der Waals surface area contributed by atoms with E-state index in [0.717, 1.165) is 25.0 Å². The van der Waals surface area contributed by atoms with Gasteiger partial charge in [0.15, 0.2) is 5.82 Å². The summed E-state index contributed by atoms with van der Waals surface area (Å²) in [5, 5.41) is 30.4. The fraction of sp³-hybridized carbons (Fsp3) is 0.571. The molecule has 1 aliphatic rings. The number of rotatable bonds is 8. The summed E-state index contributed by atoms with van der Waals surface area (Å²) in [4.78, 5) is 17.3. The molecule has 170 valence electrons. The lowest BCUT2D eigenvalue weighted by atomic mass is 9.87. The first-order valence-corrected chi connectivity index (χ1v) is 10.9. The lowest BCUT2D eigenvalue weighted by molar-refractivity contribution is -0.143. The molecular weight excluding hydrogens is 412 g/mol. The van der Waals surface area contributed by atoms with Crippen molar-refractivity contribution < 1.29 is 14.6 Å². The number of aryl methyl sites for hydroxylation is 1. The van der Waals surface area contributed by atoms with Gasteiger partial charge in [0.05, 0.1) is 29.6 Å². The average molecular weight is 441 g/mol. The number of carboxylic acids is 1. The molecule has 2 atom stereocenters. The Morgan fingerprint density at radius 2 is 2.09 bits per heavy atom. The van der Waals surface area contributed by atoms with Crippen LogP contribution in [0.3, 0.4) is 0 Å². The minimum absolute atomic E-state index is 0.108. The van der Waals surface area contributed by atoms with Crippen molar-refractivity contribution >= 4 is 5.97 Å². The number of ether oxygens (including phenoxy) is 1. The Kier molecular flexibility index (Phi) is 6.42. The van der Waals surface area contributed by atoms with Crippen molar-refractivity contribution in [3.05, 3.63) is 29.8 Å². The fourth-order valence-electron chi connectivity index (χ4n) is 3.94. The van der Waals surface area contributed by atoms with Crippen LogP contribution in [0.5, 0.6) is 5.75 Å². The van der Waals surface area contributed by atoms with Gasteiger partial charge in [-0.3, -0.25) is 9.78 Å². The van der Waals surface area contributed by atoms with Crippen LogP contribution in [0.15, 0.2) is 18.3 Å². The number of nitrogens with zero attached hydrogens (tertiary/aromatic N) is 8. The van der Waals surface area contributed by atoms with Gasteiger partial charge < -0.3 is 9.84 Å². The fourth-order valence-corrected chi connectivity index (χ4v) is 3.94. The molecule has 0 unspecified atom stereocenters. The zero-order chi connectivity index (χ0) is 22.7. The molecule has 3 aromatic heterocycles. The summed E-state index contributed by atoms with van der Waals surface area (Å²) in [5.74, 6) is 0.695. The number of hydrogen-bond donors (Lipinski definition) is 1. The van der Waals surface area contributed by atoms with Gasteiger partial charge in [0.25, 0.3) is 0 Å². The van der Waals surface area contributed by atoms with Gasteiger partial charge >= 0.3 is 5.97 Å². The van der Waals surface area contributed by atoms with E-state index in [1.54, 1.807) is 15.7 Å². The zero-order valence-electron chi connectivity index (χ0n) is 18.5. The van der Waals surface area contributed by atoms with Crippen molar-refractivity contribution in [1.82, 2.24) is 40.2 Å². The maximum absolute atomic E-state index is 11.3. The van der Waals surface area contributed by atoms with Gasteiger partial charge in [-0.15, -0.1) is 15.3 Å². The summed E-state index contributed by atoms with van der Waals surface area (Å²) in [6, 6.07) is 3.67. The minimum atomic E-state index is -0.750. The summed E-state index contributed by atoms with van der Waals surface area (Å²) < 4.78 is 7.67. The van der Waals surface area contributed by atoms with Crippen LogP contribution in [0.4, 0.5) is 0 Å². The molecule has 1 aliphatic carbocycles. The molecule has 3 heterocycles. The van der Waals surface area contributed by atoms with Crippen LogP contribution in [-0.4, -0.2) is 57.4 Å². The van der Waals surface area contributed by atoms with E-state index in [1.807, 2.05) is 19.2 Å². The van der Waals surface area contributed by atoms with Crippen LogP contribution >= 0.6 is 0 Å². The van der Waals surface area contributed by atoms with Crippen LogP contribution in [0.1, 0.15) is 51.0 Å². The highest BCUT2D eigenvalue weighted by atomic mass is 16.5. The van der Waals surface area contributed by atoms with Crippen molar-refractivity contribution in [2.24, 2.45) is 18.9 Å². The van der Waals surface area contributed by atoms with Crippen molar-refractivity contribution in [3.63, 3.8) is 0 Å². The molecule has 0 bridgehead atoms. The minimum Gasteiger partial charge on any atom is -0.489 e. The molecule has 0 radical (unpaired) electrons. The van der Waals surface area contributed by atoms with E-state index >= 15 is 0 Å². The standard InChI is InChI=1S/C21H28N8O3/c1-13(2)9-19-23-27-29(25-19)12-18-20(24-26-28(18)3)17-8-7-16(11-22-17)32-15-6-4-5-14(10-15)21(30)31/h7-8,11,13-15H,4-6,9-10,12H2,1-3H3,(H,30,31)/t14-,15-/m0/s1. The Balaban J connectivity index is 1.45.